The first-order valence-corrected chi connectivity index (χ1v) is 12.3. The van der Waals surface area contributed by atoms with E-state index in [1.807, 2.05) is 13.1 Å². The van der Waals surface area contributed by atoms with Crippen molar-refractivity contribution < 1.29 is 13.2 Å². The average molecular weight is 477 g/mol. The summed E-state index contributed by atoms with van der Waals surface area (Å²) in [6.45, 7) is 2.31. The van der Waals surface area contributed by atoms with Crippen molar-refractivity contribution in [3.8, 4) is 0 Å². The van der Waals surface area contributed by atoms with Gasteiger partial charge in [-0.15, -0.1) is 0 Å². The summed E-state index contributed by atoms with van der Waals surface area (Å²) in [6.07, 6.45) is 2.97. The number of nitrogens with zero attached hydrogens (tertiary/aromatic N) is 2. The summed E-state index contributed by atoms with van der Waals surface area (Å²) in [5.74, 6) is -0.0242. The van der Waals surface area contributed by atoms with Crippen LogP contribution in [0.4, 0.5) is 0 Å². The van der Waals surface area contributed by atoms with Crippen LogP contribution in [-0.4, -0.2) is 67.8 Å². The maximum absolute atomic E-state index is 13.0. The molecule has 0 radical (unpaired) electrons. The highest BCUT2D eigenvalue weighted by atomic mass is 35.5. The Bertz CT molecular complexity index is 1200. The van der Waals surface area contributed by atoms with E-state index in [2.05, 4.69) is 15.2 Å². The van der Waals surface area contributed by atoms with Gasteiger partial charge in [0.1, 0.15) is 5.02 Å². The summed E-state index contributed by atoms with van der Waals surface area (Å²) in [5, 5.41) is 2.97. The second-order valence-electron chi connectivity index (χ2n) is 8.07. The number of pyridine rings is 1. The fourth-order valence-electron chi connectivity index (χ4n) is 3.90. The molecule has 1 atom stereocenters. The maximum Gasteiger partial charge on any atom is 0.267 e. The van der Waals surface area contributed by atoms with Crippen molar-refractivity contribution in [2.24, 2.45) is 0 Å². The number of carbonyl (C=O) groups excluding carboxylic acids is 1. The molecule has 2 fully saturated rings. The molecule has 1 aromatic heterocycles. The van der Waals surface area contributed by atoms with Crippen LogP contribution in [0.1, 0.15) is 24.1 Å². The van der Waals surface area contributed by atoms with Crippen LogP contribution >= 0.6 is 11.6 Å². The Morgan fingerprint density at radius 2 is 1.75 bits per heavy atom. The molecule has 0 aliphatic carbocycles. The lowest BCUT2D eigenvalue weighted by Crippen LogP contribution is -2.46. The molecule has 3 heterocycles. The van der Waals surface area contributed by atoms with Gasteiger partial charge < -0.3 is 15.2 Å². The number of hydrogen-bond donors (Lipinski definition) is 2. The minimum Gasteiger partial charge on any atom is -0.350 e. The van der Waals surface area contributed by atoms with E-state index in [1.54, 1.807) is 30.3 Å². The number of sulfonamides is 1. The molecule has 1 amide bonds. The smallest absolute Gasteiger partial charge is 0.267 e. The van der Waals surface area contributed by atoms with Gasteiger partial charge in [-0.1, -0.05) is 29.8 Å². The van der Waals surface area contributed by atoms with Crippen molar-refractivity contribution in [1.82, 2.24) is 19.5 Å². The molecule has 1 aromatic carbocycles. The van der Waals surface area contributed by atoms with E-state index in [0.29, 0.717) is 50.3 Å². The normalized spacial score (nSPS) is 21.0. The monoisotopic (exact) mass is 476 g/mol. The zero-order valence-corrected chi connectivity index (χ0v) is 19.2. The Hall–Kier alpha value is -2.46. The van der Waals surface area contributed by atoms with Crippen molar-refractivity contribution in [3.63, 3.8) is 0 Å². The Morgan fingerprint density at radius 1 is 1.06 bits per heavy atom. The van der Waals surface area contributed by atoms with Crippen molar-refractivity contribution >= 4 is 33.1 Å². The Kier molecular flexibility index (Phi) is 6.52. The van der Waals surface area contributed by atoms with E-state index in [1.165, 1.54) is 10.4 Å². The molecule has 32 heavy (non-hydrogen) atoms. The SMILES string of the molecule is CN1CCN(S(=O)(=O)c2ccc(/C(=C\[C@H]3CCC(=O)N3)c3ccc(Cl)c(=O)[nH]3)cc2)CC1. The van der Waals surface area contributed by atoms with Gasteiger partial charge in [-0.05, 0) is 43.3 Å². The number of amides is 1. The molecule has 0 saturated carbocycles. The summed E-state index contributed by atoms with van der Waals surface area (Å²) in [7, 11) is -1.61. The number of halogens is 1. The largest absolute Gasteiger partial charge is 0.350 e. The fourth-order valence-corrected chi connectivity index (χ4v) is 5.43. The molecular weight excluding hydrogens is 452 g/mol. The third kappa shape index (κ3) is 4.80. The van der Waals surface area contributed by atoms with E-state index in [9.17, 15) is 18.0 Å². The molecule has 2 saturated heterocycles. The molecule has 10 heteroatoms. The van der Waals surface area contributed by atoms with Gasteiger partial charge in [0, 0.05) is 49.9 Å². The van der Waals surface area contributed by atoms with Gasteiger partial charge in [-0.2, -0.15) is 4.31 Å². The summed E-state index contributed by atoms with van der Waals surface area (Å²) in [4.78, 5) is 28.8. The first kappa shape index (κ1) is 22.7. The van der Waals surface area contributed by atoms with Crippen LogP contribution in [-0.2, 0) is 14.8 Å². The predicted octanol–water partition coefficient (Wildman–Crippen LogP) is 1.67. The number of likely N-dealkylation sites (N-methyl/N-ethyl adjacent to an activating group) is 1. The van der Waals surface area contributed by atoms with Gasteiger partial charge in [0.2, 0.25) is 15.9 Å². The summed E-state index contributed by atoms with van der Waals surface area (Å²) in [6, 6.07) is 9.64. The molecule has 4 rings (SSSR count). The molecule has 2 aliphatic heterocycles. The highest BCUT2D eigenvalue weighted by Gasteiger charge is 2.27. The minimum absolute atomic E-state index is 0.0242. The van der Waals surface area contributed by atoms with E-state index in [0.717, 1.165) is 5.56 Å². The van der Waals surface area contributed by atoms with E-state index in [-0.39, 0.29) is 21.9 Å². The van der Waals surface area contributed by atoms with Crippen molar-refractivity contribution in [1.29, 1.82) is 0 Å². The van der Waals surface area contributed by atoms with Crippen LogP contribution in [0.25, 0.3) is 5.57 Å². The number of aromatic nitrogens is 1. The number of rotatable bonds is 5. The van der Waals surface area contributed by atoms with Crippen molar-refractivity contribution in [2.75, 3.05) is 33.2 Å². The zero-order valence-electron chi connectivity index (χ0n) is 17.7. The highest BCUT2D eigenvalue weighted by Crippen LogP contribution is 2.26. The number of carbonyl (C=O) groups is 1. The first-order valence-electron chi connectivity index (χ1n) is 10.4. The predicted molar refractivity (Wildman–Crippen MR) is 123 cm³/mol. The zero-order chi connectivity index (χ0) is 22.9. The molecule has 0 bridgehead atoms. The van der Waals surface area contributed by atoms with Crippen molar-refractivity contribution in [3.05, 3.63) is 69.1 Å². The van der Waals surface area contributed by atoms with Crippen molar-refractivity contribution in [2.45, 2.75) is 23.8 Å². The van der Waals surface area contributed by atoms with Crippen LogP contribution in [0.5, 0.6) is 0 Å². The van der Waals surface area contributed by atoms with Crippen LogP contribution in [0, 0.1) is 0 Å². The van der Waals surface area contributed by atoms with E-state index in [4.69, 9.17) is 11.6 Å². The van der Waals surface area contributed by atoms with Gasteiger partial charge in [0.05, 0.1) is 4.90 Å². The van der Waals surface area contributed by atoms with E-state index < -0.39 is 15.6 Å². The van der Waals surface area contributed by atoms with Crippen LogP contribution < -0.4 is 10.9 Å². The Morgan fingerprint density at radius 3 is 2.34 bits per heavy atom. The number of H-pyrrole nitrogens is 1. The summed E-state index contributed by atoms with van der Waals surface area (Å²) < 4.78 is 27.6. The van der Waals surface area contributed by atoms with Gasteiger partial charge >= 0.3 is 0 Å². The molecule has 2 aromatic rings. The van der Waals surface area contributed by atoms with Gasteiger partial charge in [0.25, 0.3) is 5.56 Å². The van der Waals surface area contributed by atoms with Crippen LogP contribution in [0.2, 0.25) is 5.02 Å². The molecule has 0 unspecified atom stereocenters. The fraction of sp³-hybridized carbons (Fsp3) is 0.364. The first-order chi connectivity index (χ1) is 15.2. The Balaban J connectivity index is 1.67. The van der Waals surface area contributed by atoms with Gasteiger partial charge in [-0.3, -0.25) is 9.59 Å². The minimum atomic E-state index is -3.58. The average Bonchev–Trinajstić information content (AvgIpc) is 3.19. The summed E-state index contributed by atoms with van der Waals surface area (Å²) >= 11 is 5.88. The molecular formula is C22H25ClN4O4S. The lowest BCUT2D eigenvalue weighted by Gasteiger charge is -2.31. The second-order valence-corrected chi connectivity index (χ2v) is 10.4. The molecule has 170 valence electrons. The van der Waals surface area contributed by atoms with E-state index >= 15 is 0 Å². The van der Waals surface area contributed by atoms with Crippen LogP contribution in [0.15, 0.2) is 52.2 Å². The molecule has 2 N–H and O–H groups in total. The molecule has 0 spiro atoms. The van der Waals surface area contributed by atoms with Gasteiger partial charge in [0.15, 0.2) is 0 Å². The quantitative estimate of drug-likeness (QED) is 0.683. The maximum atomic E-state index is 13.0. The number of nitrogens with one attached hydrogen (secondary N) is 2. The van der Waals surface area contributed by atoms with Crippen LogP contribution in [0.3, 0.4) is 0 Å². The molecule has 2 aliphatic rings. The number of aromatic amines is 1. The standard InChI is InChI=1S/C22H25ClN4O4S/c1-26-10-12-27(13-11-26)32(30,31)17-5-2-15(3-6-17)18(14-16-4-9-21(28)24-16)20-8-7-19(23)22(29)25-20/h2-3,5-8,14,16H,4,9-13H2,1H3,(H,24,28)(H,25,29)/b18-14+/t16-/m1/s1. The summed E-state index contributed by atoms with van der Waals surface area (Å²) in [5.41, 5.74) is 1.53. The lowest BCUT2D eigenvalue weighted by atomic mass is 9.99. The number of hydrogen-bond acceptors (Lipinski definition) is 5. The molecule has 8 nitrogen and oxygen atoms in total. The van der Waals surface area contributed by atoms with Gasteiger partial charge in [-0.25, -0.2) is 8.42 Å². The third-order valence-electron chi connectivity index (χ3n) is 5.81. The number of piperazine rings is 1. The number of benzene rings is 1. The second kappa shape index (κ2) is 9.19. The third-order valence-corrected chi connectivity index (χ3v) is 8.02. The highest BCUT2D eigenvalue weighted by molar-refractivity contribution is 7.89. The lowest BCUT2D eigenvalue weighted by molar-refractivity contribution is -0.119. The topological polar surface area (TPSA) is 103 Å². The Labute approximate surface area is 191 Å².